The Hall–Kier alpha value is -1.87. The highest BCUT2D eigenvalue weighted by molar-refractivity contribution is 5.92. The van der Waals surface area contributed by atoms with Crippen LogP contribution in [0.3, 0.4) is 0 Å². The number of nitrogens with one attached hydrogen (secondary N) is 1. The average molecular weight is 457 g/mol. The van der Waals surface area contributed by atoms with E-state index in [-0.39, 0.29) is 30.7 Å². The lowest BCUT2D eigenvalue weighted by molar-refractivity contribution is 0.0614. The van der Waals surface area contributed by atoms with Crippen molar-refractivity contribution in [1.29, 1.82) is 0 Å². The van der Waals surface area contributed by atoms with Gasteiger partial charge in [0, 0.05) is 32.7 Å². The Balaban J connectivity index is 0.00000160. The van der Waals surface area contributed by atoms with Gasteiger partial charge in [0.25, 0.3) is 5.91 Å². The van der Waals surface area contributed by atoms with Crippen LogP contribution in [0.25, 0.3) is 0 Å². The largest absolute Gasteiger partial charge is 0.492 e. The smallest absolute Gasteiger partial charge is 0.276 e. The van der Waals surface area contributed by atoms with Gasteiger partial charge >= 0.3 is 0 Å². The molecule has 1 amide bonds. The van der Waals surface area contributed by atoms with Gasteiger partial charge in [-0.15, -0.1) is 29.9 Å². The third-order valence-corrected chi connectivity index (χ3v) is 5.49. The van der Waals surface area contributed by atoms with Crippen molar-refractivity contribution in [2.45, 2.75) is 18.9 Å². The molecule has 2 saturated heterocycles. The van der Waals surface area contributed by atoms with Crippen molar-refractivity contribution >= 4 is 30.7 Å². The summed E-state index contributed by atoms with van der Waals surface area (Å²) in [5, 5.41) is 11.7. The number of para-hydroxylation sites is 1. The molecular weight excluding hydrogens is 427 g/mol. The van der Waals surface area contributed by atoms with Crippen LogP contribution in [0, 0.1) is 0 Å². The predicted octanol–water partition coefficient (Wildman–Crippen LogP) is 1.88. The van der Waals surface area contributed by atoms with Crippen molar-refractivity contribution in [3.8, 4) is 5.75 Å². The van der Waals surface area contributed by atoms with E-state index in [1.165, 1.54) is 0 Å². The quantitative estimate of drug-likeness (QED) is 0.714. The highest BCUT2D eigenvalue weighted by Crippen LogP contribution is 2.18. The fourth-order valence-corrected chi connectivity index (χ4v) is 3.77. The maximum atomic E-state index is 12.8. The van der Waals surface area contributed by atoms with Crippen molar-refractivity contribution < 1.29 is 9.53 Å². The van der Waals surface area contributed by atoms with Crippen LogP contribution in [-0.4, -0.2) is 83.1 Å². The summed E-state index contributed by atoms with van der Waals surface area (Å²) in [4.78, 5) is 17.0. The number of aromatic nitrogens is 3. The Kier molecular flexibility index (Phi) is 9.84. The maximum absolute atomic E-state index is 12.8. The lowest BCUT2D eigenvalue weighted by Gasteiger charge is -2.34. The molecule has 166 valence electrons. The Bertz CT molecular complexity index is 762. The fraction of sp³-hybridized carbons (Fsp3) is 0.550. The Morgan fingerprint density at radius 2 is 1.77 bits per heavy atom. The second-order valence-corrected chi connectivity index (χ2v) is 7.36. The van der Waals surface area contributed by atoms with Gasteiger partial charge in [-0.25, -0.2) is 4.68 Å². The van der Waals surface area contributed by atoms with E-state index in [1.54, 1.807) is 0 Å². The standard InChI is InChI=1S/C20H28N6O2.2ClH/c27-20(19-16-26(23-22-19)17-6-8-21-9-7-17)25-12-10-24(11-13-25)14-15-28-18-4-2-1-3-5-18;;/h1-5,16-17,21H,6-15H2;2*1H. The molecule has 2 fully saturated rings. The van der Waals surface area contributed by atoms with E-state index in [9.17, 15) is 4.79 Å². The van der Waals surface area contributed by atoms with Gasteiger partial charge in [0.05, 0.1) is 12.2 Å². The van der Waals surface area contributed by atoms with Gasteiger partial charge in [-0.05, 0) is 38.1 Å². The number of halogens is 2. The second kappa shape index (κ2) is 12.1. The molecule has 0 spiro atoms. The van der Waals surface area contributed by atoms with Crippen LogP contribution in [0.15, 0.2) is 36.5 Å². The van der Waals surface area contributed by atoms with Gasteiger partial charge < -0.3 is 15.0 Å². The van der Waals surface area contributed by atoms with Crippen LogP contribution in [0.2, 0.25) is 0 Å². The van der Waals surface area contributed by atoms with Crippen LogP contribution >= 0.6 is 24.8 Å². The van der Waals surface area contributed by atoms with Gasteiger partial charge in [-0.2, -0.15) is 0 Å². The molecule has 1 aromatic carbocycles. The average Bonchev–Trinajstić information content (AvgIpc) is 3.25. The number of benzene rings is 1. The molecule has 10 heteroatoms. The van der Waals surface area contributed by atoms with Crippen molar-refractivity contribution in [2.75, 3.05) is 52.4 Å². The summed E-state index contributed by atoms with van der Waals surface area (Å²) >= 11 is 0. The van der Waals surface area contributed by atoms with Crippen LogP contribution in [0.1, 0.15) is 29.4 Å². The van der Waals surface area contributed by atoms with E-state index in [2.05, 4.69) is 20.5 Å². The minimum atomic E-state index is -0.0135. The number of rotatable bonds is 6. The number of carbonyl (C=O) groups is 1. The number of piperazine rings is 1. The van der Waals surface area contributed by atoms with Gasteiger partial charge in [0.15, 0.2) is 5.69 Å². The third kappa shape index (κ3) is 6.31. The Morgan fingerprint density at radius 3 is 2.47 bits per heavy atom. The fourth-order valence-electron chi connectivity index (χ4n) is 3.77. The topological polar surface area (TPSA) is 75.5 Å². The highest BCUT2D eigenvalue weighted by atomic mass is 35.5. The summed E-state index contributed by atoms with van der Waals surface area (Å²) in [7, 11) is 0. The molecule has 0 bridgehead atoms. The zero-order valence-corrected chi connectivity index (χ0v) is 18.6. The van der Waals surface area contributed by atoms with E-state index in [0.29, 0.717) is 31.4 Å². The number of ether oxygens (including phenoxy) is 1. The molecular formula is C20H30Cl2N6O2. The summed E-state index contributed by atoms with van der Waals surface area (Å²) in [5.41, 5.74) is 0.458. The van der Waals surface area contributed by atoms with Crippen molar-refractivity contribution in [2.24, 2.45) is 0 Å². The molecule has 4 rings (SSSR count). The minimum absolute atomic E-state index is 0. The number of piperidine rings is 1. The predicted molar refractivity (Wildman–Crippen MR) is 120 cm³/mol. The van der Waals surface area contributed by atoms with E-state index >= 15 is 0 Å². The SMILES string of the molecule is Cl.Cl.O=C(c1cn(C2CCNCC2)nn1)N1CCN(CCOc2ccccc2)CC1. The number of amides is 1. The molecule has 0 saturated carbocycles. The second-order valence-electron chi connectivity index (χ2n) is 7.36. The van der Waals surface area contributed by atoms with Crippen molar-refractivity contribution in [1.82, 2.24) is 30.1 Å². The van der Waals surface area contributed by atoms with Gasteiger partial charge in [-0.3, -0.25) is 9.69 Å². The molecule has 1 N–H and O–H groups in total. The Morgan fingerprint density at radius 1 is 1.07 bits per heavy atom. The molecule has 0 unspecified atom stereocenters. The lowest BCUT2D eigenvalue weighted by Crippen LogP contribution is -2.49. The normalized spacial score (nSPS) is 17.7. The first-order valence-electron chi connectivity index (χ1n) is 10.1. The van der Waals surface area contributed by atoms with Gasteiger partial charge in [0.2, 0.25) is 0 Å². The molecule has 0 aliphatic carbocycles. The van der Waals surface area contributed by atoms with Gasteiger partial charge in [-0.1, -0.05) is 23.4 Å². The molecule has 1 aromatic heterocycles. The van der Waals surface area contributed by atoms with Crippen LogP contribution in [0.4, 0.5) is 0 Å². The van der Waals surface area contributed by atoms with E-state index in [0.717, 1.165) is 51.3 Å². The molecule has 2 aliphatic rings. The first-order chi connectivity index (χ1) is 13.8. The summed E-state index contributed by atoms with van der Waals surface area (Å²) in [5.74, 6) is 0.883. The zero-order valence-electron chi connectivity index (χ0n) is 17.0. The number of nitrogens with zero attached hydrogens (tertiary/aromatic N) is 5. The number of carbonyl (C=O) groups excluding carboxylic acids is 1. The first-order valence-corrected chi connectivity index (χ1v) is 10.1. The summed E-state index contributed by atoms with van der Waals surface area (Å²) in [6.07, 6.45) is 3.87. The van der Waals surface area contributed by atoms with Crippen molar-refractivity contribution in [3.63, 3.8) is 0 Å². The van der Waals surface area contributed by atoms with Crippen LogP contribution < -0.4 is 10.1 Å². The zero-order chi connectivity index (χ0) is 19.2. The third-order valence-electron chi connectivity index (χ3n) is 5.49. The molecule has 30 heavy (non-hydrogen) atoms. The van der Waals surface area contributed by atoms with Gasteiger partial charge in [0.1, 0.15) is 12.4 Å². The van der Waals surface area contributed by atoms with E-state index in [1.807, 2.05) is 46.1 Å². The Labute approximate surface area is 189 Å². The number of hydrogen-bond acceptors (Lipinski definition) is 6. The van der Waals surface area contributed by atoms with E-state index in [4.69, 9.17) is 4.74 Å². The molecule has 0 atom stereocenters. The molecule has 0 radical (unpaired) electrons. The van der Waals surface area contributed by atoms with Crippen LogP contribution in [0.5, 0.6) is 5.75 Å². The first kappa shape index (κ1) is 24.4. The van der Waals surface area contributed by atoms with Crippen LogP contribution in [-0.2, 0) is 0 Å². The molecule has 2 aromatic rings. The summed E-state index contributed by atoms with van der Waals surface area (Å²) in [6, 6.07) is 10.2. The lowest BCUT2D eigenvalue weighted by atomic mass is 10.1. The monoisotopic (exact) mass is 456 g/mol. The molecule has 2 aliphatic heterocycles. The summed E-state index contributed by atoms with van der Waals surface area (Å²) in [6.45, 7) is 6.63. The van der Waals surface area contributed by atoms with Crippen molar-refractivity contribution in [3.05, 3.63) is 42.2 Å². The highest BCUT2D eigenvalue weighted by Gasteiger charge is 2.25. The minimum Gasteiger partial charge on any atom is -0.492 e. The number of hydrogen-bond donors (Lipinski definition) is 1. The maximum Gasteiger partial charge on any atom is 0.276 e. The summed E-state index contributed by atoms with van der Waals surface area (Å²) < 4.78 is 7.63. The molecule has 8 nitrogen and oxygen atoms in total. The molecule has 3 heterocycles. The van der Waals surface area contributed by atoms with E-state index < -0.39 is 0 Å².